The minimum atomic E-state index is -0.326. The van der Waals surface area contributed by atoms with E-state index >= 15 is 0 Å². The van der Waals surface area contributed by atoms with E-state index < -0.39 is 0 Å². The quantitative estimate of drug-likeness (QED) is 0.849. The van der Waals surface area contributed by atoms with E-state index in [-0.39, 0.29) is 11.7 Å². The van der Waals surface area contributed by atoms with Crippen molar-refractivity contribution in [2.75, 3.05) is 12.4 Å². The molecule has 0 unspecified atom stereocenters. The van der Waals surface area contributed by atoms with Crippen molar-refractivity contribution in [1.82, 2.24) is 0 Å². The number of benzene rings is 2. The Kier molecular flexibility index (Phi) is 2.99. The number of rotatable bonds is 2. The molecule has 3 nitrogen and oxygen atoms in total. The fourth-order valence-corrected chi connectivity index (χ4v) is 2.21. The van der Waals surface area contributed by atoms with Crippen LogP contribution in [0.5, 0.6) is 5.75 Å². The molecular formula is C16H12FNO2. The van der Waals surface area contributed by atoms with Gasteiger partial charge >= 0.3 is 0 Å². The van der Waals surface area contributed by atoms with Crippen LogP contribution in [0.1, 0.15) is 11.1 Å². The second-order valence-corrected chi connectivity index (χ2v) is 4.48. The van der Waals surface area contributed by atoms with Gasteiger partial charge in [0, 0.05) is 17.2 Å². The van der Waals surface area contributed by atoms with Gasteiger partial charge in [0.2, 0.25) is 0 Å². The number of hydrogen-bond acceptors (Lipinski definition) is 2. The molecule has 0 radical (unpaired) electrons. The Bertz CT molecular complexity index is 722. The number of hydrogen-bond donors (Lipinski definition) is 1. The molecule has 0 atom stereocenters. The normalized spacial score (nSPS) is 15.1. The summed E-state index contributed by atoms with van der Waals surface area (Å²) in [4.78, 5) is 12.0. The fraction of sp³-hybridized carbons (Fsp3) is 0.0625. The number of fused-ring (bicyclic) bond motifs is 1. The van der Waals surface area contributed by atoms with Gasteiger partial charge in [-0.25, -0.2) is 4.39 Å². The molecule has 100 valence electrons. The van der Waals surface area contributed by atoms with Gasteiger partial charge < -0.3 is 10.1 Å². The molecule has 1 aliphatic rings. The van der Waals surface area contributed by atoms with Gasteiger partial charge in [-0.1, -0.05) is 12.1 Å². The fourth-order valence-electron chi connectivity index (χ4n) is 2.21. The largest absolute Gasteiger partial charge is 0.497 e. The van der Waals surface area contributed by atoms with Crippen molar-refractivity contribution in [2.45, 2.75) is 0 Å². The third-order valence-electron chi connectivity index (χ3n) is 3.17. The van der Waals surface area contributed by atoms with E-state index in [0.29, 0.717) is 22.6 Å². The predicted octanol–water partition coefficient (Wildman–Crippen LogP) is 3.33. The van der Waals surface area contributed by atoms with Crippen LogP contribution < -0.4 is 10.1 Å². The summed E-state index contributed by atoms with van der Waals surface area (Å²) in [6.07, 6.45) is 1.68. The van der Waals surface area contributed by atoms with E-state index in [1.807, 2.05) is 6.07 Å². The van der Waals surface area contributed by atoms with E-state index in [1.54, 1.807) is 37.5 Å². The Balaban J connectivity index is 2.06. The maximum Gasteiger partial charge on any atom is 0.256 e. The minimum absolute atomic E-state index is 0.197. The van der Waals surface area contributed by atoms with Crippen molar-refractivity contribution in [1.29, 1.82) is 0 Å². The van der Waals surface area contributed by atoms with Crippen LogP contribution >= 0.6 is 0 Å². The molecule has 0 aromatic heterocycles. The van der Waals surface area contributed by atoms with E-state index in [1.165, 1.54) is 12.1 Å². The lowest BCUT2D eigenvalue weighted by molar-refractivity contribution is -0.110. The lowest BCUT2D eigenvalue weighted by Crippen LogP contribution is -2.03. The molecule has 0 saturated heterocycles. The summed E-state index contributed by atoms with van der Waals surface area (Å²) in [7, 11) is 1.57. The molecule has 2 aromatic carbocycles. The molecule has 0 spiro atoms. The monoisotopic (exact) mass is 269 g/mol. The Hall–Kier alpha value is -2.62. The number of amides is 1. The first kappa shape index (κ1) is 12.4. The maximum absolute atomic E-state index is 13.2. The first-order valence-electron chi connectivity index (χ1n) is 6.14. The summed E-state index contributed by atoms with van der Waals surface area (Å²) < 4.78 is 18.3. The van der Waals surface area contributed by atoms with Gasteiger partial charge in [0.15, 0.2) is 0 Å². The summed E-state index contributed by atoms with van der Waals surface area (Å²) in [6.45, 7) is 0. The SMILES string of the molecule is COc1ccc2c(c1)NC(=O)C2=Cc1cccc(F)c1. The van der Waals surface area contributed by atoms with Crippen molar-refractivity contribution >= 4 is 23.2 Å². The Morgan fingerprint density at radius 3 is 2.80 bits per heavy atom. The molecule has 0 fully saturated rings. The Labute approximate surface area is 115 Å². The molecule has 0 aliphatic carbocycles. The molecule has 1 amide bonds. The van der Waals surface area contributed by atoms with Crippen LogP contribution in [0.15, 0.2) is 42.5 Å². The summed E-state index contributed by atoms with van der Waals surface area (Å²) in [5.74, 6) is 0.154. The zero-order valence-corrected chi connectivity index (χ0v) is 10.8. The smallest absolute Gasteiger partial charge is 0.256 e. The van der Waals surface area contributed by atoms with E-state index in [9.17, 15) is 9.18 Å². The van der Waals surface area contributed by atoms with Crippen LogP contribution in [0.4, 0.5) is 10.1 Å². The van der Waals surface area contributed by atoms with Gasteiger partial charge in [0.25, 0.3) is 5.91 Å². The molecule has 1 N–H and O–H groups in total. The molecule has 2 aromatic rings. The molecule has 0 bridgehead atoms. The highest BCUT2D eigenvalue weighted by atomic mass is 19.1. The Morgan fingerprint density at radius 2 is 2.05 bits per heavy atom. The highest BCUT2D eigenvalue weighted by molar-refractivity contribution is 6.35. The summed E-state index contributed by atoms with van der Waals surface area (Å²) >= 11 is 0. The third kappa shape index (κ3) is 2.16. The van der Waals surface area contributed by atoms with Gasteiger partial charge in [0.05, 0.1) is 12.8 Å². The van der Waals surface area contributed by atoms with Gasteiger partial charge in [-0.05, 0) is 35.9 Å². The zero-order valence-electron chi connectivity index (χ0n) is 10.8. The number of carbonyl (C=O) groups excluding carboxylic acids is 1. The lowest BCUT2D eigenvalue weighted by Gasteiger charge is -2.02. The lowest BCUT2D eigenvalue weighted by atomic mass is 10.0. The average molecular weight is 269 g/mol. The van der Waals surface area contributed by atoms with Crippen molar-refractivity contribution < 1.29 is 13.9 Å². The summed E-state index contributed by atoms with van der Waals surface area (Å²) in [5.41, 5.74) is 2.67. The molecular weight excluding hydrogens is 257 g/mol. The average Bonchev–Trinajstić information content (AvgIpc) is 2.74. The summed E-state index contributed by atoms with van der Waals surface area (Å²) in [6, 6.07) is 11.5. The molecule has 1 heterocycles. The zero-order chi connectivity index (χ0) is 14.1. The van der Waals surface area contributed by atoms with Gasteiger partial charge in [-0.15, -0.1) is 0 Å². The Morgan fingerprint density at radius 1 is 1.20 bits per heavy atom. The van der Waals surface area contributed by atoms with E-state index in [0.717, 1.165) is 5.56 Å². The van der Waals surface area contributed by atoms with Crippen LogP contribution in [0.2, 0.25) is 0 Å². The molecule has 4 heteroatoms. The van der Waals surface area contributed by atoms with E-state index in [2.05, 4.69) is 5.32 Å². The summed E-state index contributed by atoms with van der Waals surface area (Å²) in [5, 5.41) is 2.78. The maximum atomic E-state index is 13.2. The predicted molar refractivity (Wildman–Crippen MR) is 75.9 cm³/mol. The number of nitrogens with one attached hydrogen (secondary N) is 1. The second kappa shape index (κ2) is 4.81. The number of carbonyl (C=O) groups is 1. The van der Waals surface area contributed by atoms with Crippen LogP contribution in [-0.2, 0) is 4.79 Å². The van der Waals surface area contributed by atoms with Crippen LogP contribution in [0.3, 0.4) is 0 Å². The van der Waals surface area contributed by atoms with Crippen molar-refractivity contribution in [3.63, 3.8) is 0 Å². The van der Waals surface area contributed by atoms with Gasteiger partial charge in [-0.2, -0.15) is 0 Å². The standard InChI is InChI=1S/C16H12FNO2/c1-20-12-5-6-13-14(16(19)18-15(13)9-12)8-10-3-2-4-11(17)7-10/h2-9H,1H3,(H,18,19). The molecule has 3 rings (SSSR count). The third-order valence-corrected chi connectivity index (χ3v) is 3.17. The minimum Gasteiger partial charge on any atom is -0.497 e. The molecule has 20 heavy (non-hydrogen) atoms. The first-order chi connectivity index (χ1) is 9.67. The van der Waals surface area contributed by atoms with Gasteiger partial charge in [0.1, 0.15) is 11.6 Å². The van der Waals surface area contributed by atoms with Crippen LogP contribution in [0.25, 0.3) is 11.6 Å². The molecule has 1 aliphatic heterocycles. The second-order valence-electron chi connectivity index (χ2n) is 4.48. The number of methoxy groups -OCH3 is 1. The number of anilines is 1. The topological polar surface area (TPSA) is 38.3 Å². The number of ether oxygens (including phenoxy) is 1. The molecule has 0 saturated carbocycles. The first-order valence-corrected chi connectivity index (χ1v) is 6.14. The van der Waals surface area contributed by atoms with Gasteiger partial charge in [-0.3, -0.25) is 4.79 Å². The highest BCUT2D eigenvalue weighted by Gasteiger charge is 2.24. The van der Waals surface area contributed by atoms with Crippen molar-refractivity contribution in [3.8, 4) is 5.75 Å². The van der Waals surface area contributed by atoms with E-state index in [4.69, 9.17) is 4.74 Å². The van der Waals surface area contributed by atoms with Crippen molar-refractivity contribution in [2.24, 2.45) is 0 Å². The highest BCUT2D eigenvalue weighted by Crippen LogP contribution is 2.35. The van der Waals surface area contributed by atoms with Crippen LogP contribution in [0, 0.1) is 5.82 Å². The number of halogens is 1. The van der Waals surface area contributed by atoms with Crippen molar-refractivity contribution in [3.05, 3.63) is 59.4 Å². The van der Waals surface area contributed by atoms with Crippen LogP contribution in [-0.4, -0.2) is 13.0 Å².